The van der Waals surface area contributed by atoms with E-state index in [4.69, 9.17) is 5.11 Å². The average molecular weight is 225 g/mol. The molecular formula is C13H23NO2. The van der Waals surface area contributed by atoms with Crippen LogP contribution in [0.1, 0.15) is 40.0 Å². The number of piperidine rings is 1. The number of carboxylic acids is 1. The number of hydrogen-bond donors (Lipinski definition) is 1. The first kappa shape index (κ1) is 11.9. The van der Waals surface area contributed by atoms with Crippen LogP contribution in [0.2, 0.25) is 0 Å². The maximum absolute atomic E-state index is 11.0. The van der Waals surface area contributed by atoms with Gasteiger partial charge in [0.25, 0.3) is 0 Å². The lowest BCUT2D eigenvalue weighted by atomic mass is 9.78. The van der Waals surface area contributed by atoms with Crippen LogP contribution in [0.15, 0.2) is 0 Å². The monoisotopic (exact) mass is 225 g/mol. The van der Waals surface area contributed by atoms with Crippen molar-refractivity contribution in [3.63, 3.8) is 0 Å². The molecule has 3 heteroatoms. The summed E-state index contributed by atoms with van der Waals surface area (Å²) in [5.74, 6) is 0.0314. The molecule has 3 atom stereocenters. The Morgan fingerprint density at radius 1 is 1.31 bits per heavy atom. The smallest absolute Gasteiger partial charge is 0.306 e. The summed E-state index contributed by atoms with van der Waals surface area (Å²) in [7, 11) is 0. The molecule has 92 valence electrons. The van der Waals surface area contributed by atoms with Gasteiger partial charge in [-0.15, -0.1) is 0 Å². The van der Waals surface area contributed by atoms with Gasteiger partial charge in [-0.25, -0.2) is 0 Å². The molecule has 2 rings (SSSR count). The van der Waals surface area contributed by atoms with Crippen LogP contribution in [0, 0.1) is 17.3 Å². The van der Waals surface area contributed by atoms with Crippen LogP contribution < -0.4 is 0 Å². The SMILES string of the molecule is CC(C)(C)C1CC2CC(C(=O)O)CCN2C1. The van der Waals surface area contributed by atoms with Crippen molar-refractivity contribution < 1.29 is 9.90 Å². The number of aliphatic carboxylic acids is 1. The van der Waals surface area contributed by atoms with Gasteiger partial charge in [0.1, 0.15) is 0 Å². The molecule has 0 aromatic carbocycles. The molecule has 2 heterocycles. The van der Waals surface area contributed by atoms with Crippen molar-refractivity contribution in [3.8, 4) is 0 Å². The van der Waals surface area contributed by atoms with Crippen molar-refractivity contribution in [2.24, 2.45) is 17.3 Å². The van der Waals surface area contributed by atoms with Crippen LogP contribution in [0.4, 0.5) is 0 Å². The van der Waals surface area contributed by atoms with E-state index >= 15 is 0 Å². The number of carboxylic acid groups (broad SMARTS) is 1. The Morgan fingerprint density at radius 3 is 2.56 bits per heavy atom. The number of nitrogens with zero attached hydrogens (tertiary/aromatic N) is 1. The molecule has 16 heavy (non-hydrogen) atoms. The van der Waals surface area contributed by atoms with Crippen LogP contribution in [-0.4, -0.2) is 35.1 Å². The molecule has 3 unspecified atom stereocenters. The van der Waals surface area contributed by atoms with Crippen molar-refractivity contribution in [2.75, 3.05) is 13.1 Å². The van der Waals surface area contributed by atoms with Crippen LogP contribution in [0.25, 0.3) is 0 Å². The Balaban J connectivity index is 1.99. The molecule has 1 N–H and O–H groups in total. The molecule has 3 nitrogen and oxygen atoms in total. The van der Waals surface area contributed by atoms with Crippen molar-refractivity contribution in [1.29, 1.82) is 0 Å². The molecule has 2 saturated heterocycles. The summed E-state index contributed by atoms with van der Waals surface area (Å²) < 4.78 is 0. The summed E-state index contributed by atoms with van der Waals surface area (Å²) >= 11 is 0. The fourth-order valence-electron chi connectivity index (χ4n) is 3.12. The van der Waals surface area contributed by atoms with E-state index in [1.54, 1.807) is 0 Å². The standard InChI is InChI=1S/C13H23NO2/c1-13(2,3)10-7-11-6-9(12(15)16)4-5-14(11)8-10/h9-11H,4-8H2,1-3H3,(H,15,16). The number of hydrogen-bond acceptors (Lipinski definition) is 2. The quantitative estimate of drug-likeness (QED) is 0.744. The highest BCUT2D eigenvalue weighted by molar-refractivity contribution is 5.70. The van der Waals surface area contributed by atoms with Gasteiger partial charge in [-0.2, -0.15) is 0 Å². The highest BCUT2D eigenvalue weighted by Crippen LogP contribution is 2.40. The molecular weight excluding hydrogens is 202 g/mol. The number of fused-ring (bicyclic) bond motifs is 1. The second-order valence-corrected chi connectivity index (χ2v) is 6.51. The van der Waals surface area contributed by atoms with E-state index in [2.05, 4.69) is 25.7 Å². The zero-order valence-corrected chi connectivity index (χ0v) is 10.6. The highest BCUT2D eigenvalue weighted by Gasteiger charge is 2.42. The first-order chi connectivity index (χ1) is 7.38. The number of carbonyl (C=O) groups is 1. The van der Waals surface area contributed by atoms with E-state index in [-0.39, 0.29) is 5.92 Å². The van der Waals surface area contributed by atoms with Gasteiger partial charge in [0, 0.05) is 12.6 Å². The lowest BCUT2D eigenvalue weighted by Gasteiger charge is -2.32. The van der Waals surface area contributed by atoms with Gasteiger partial charge < -0.3 is 10.0 Å². The van der Waals surface area contributed by atoms with E-state index in [1.807, 2.05) is 0 Å². The van der Waals surface area contributed by atoms with Crippen LogP contribution in [0.3, 0.4) is 0 Å². The third-order valence-electron chi connectivity index (χ3n) is 4.42. The summed E-state index contributed by atoms with van der Waals surface area (Å²) in [6.07, 6.45) is 2.89. The summed E-state index contributed by atoms with van der Waals surface area (Å²) in [5, 5.41) is 9.07. The first-order valence-electron chi connectivity index (χ1n) is 6.35. The van der Waals surface area contributed by atoms with Crippen molar-refractivity contribution in [2.45, 2.75) is 46.1 Å². The topological polar surface area (TPSA) is 40.5 Å². The Morgan fingerprint density at radius 2 is 2.00 bits per heavy atom. The first-order valence-corrected chi connectivity index (χ1v) is 6.35. The molecule has 0 bridgehead atoms. The number of rotatable bonds is 1. The fraction of sp³-hybridized carbons (Fsp3) is 0.923. The van der Waals surface area contributed by atoms with Gasteiger partial charge in [0.05, 0.1) is 5.92 Å². The van der Waals surface area contributed by atoms with Gasteiger partial charge in [-0.05, 0) is 37.1 Å². The van der Waals surface area contributed by atoms with E-state index in [9.17, 15) is 4.79 Å². The minimum Gasteiger partial charge on any atom is -0.481 e. The van der Waals surface area contributed by atoms with Gasteiger partial charge in [0.2, 0.25) is 0 Å². The van der Waals surface area contributed by atoms with Crippen LogP contribution >= 0.6 is 0 Å². The molecule has 0 amide bonds. The van der Waals surface area contributed by atoms with Gasteiger partial charge in [0.15, 0.2) is 0 Å². The third kappa shape index (κ3) is 2.24. The minimum absolute atomic E-state index is 0.0973. The van der Waals surface area contributed by atoms with E-state index in [0.29, 0.717) is 11.5 Å². The van der Waals surface area contributed by atoms with Gasteiger partial charge in [-0.3, -0.25) is 4.79 Å². The summed E-state index contributed by atoms with van der Waals surface area (Å²) in [4.78, 5) is 13.5. The summed E-state index contributed by atoms with van der Waals surface area (Å²) in [5.41, 5.74) is 0.357. The zero-order valence-electron chi connectivity index (χ0n) is 10.6. The third-order valence-corrected chi connectivity index (χ3v) is 4.42. The summed E-state index contributed by atoms with van der Waals surface area (Å²) in [6.45, 7) is 9.04. The largest absolute Gasteiger partial charge is 0.481 e. The average Bonchev–Trinajstić information content (AvgIpc) is 2.58. The highest BCUT2D eigenvalue weighted by atomic mass is 16.4. The van der Waals surface area contributed by atoms with Crippen LogP contribution in [0.5, 0.6) is 0 Å². The molecule has 0 aromatic heterocycles. The fourth-order valence-corrected chi connectivity index (χ4v) is 3.12. The summed E-state index contributed by atoms with van der Waals surface area (Å²) in [6, 6.07) is 0.527. The van der Waals surface area contributed by atoms with Crippen molar-refractivity contribution in [1.82, 2.24) is 4.90 Å². The van der Waals surface area contributed by atoms with Crippen LogP contribution in [-0.2, 0) is 4.79 Å². The van der Waals surface area contributed by atoms with E-state index < -0.39 is 5.97 Å². The minimum atomic E-state index is -0.598. The molecule has 2 aliphatic heterocycles. The van der Waals surface area contributed by atoms with Crippen molar-refractivity contribution in [3.05, 3.63) is 0 Å². The maximum Gasteiger partial charge on any atom is 0.306 e. The Labute approximate surface area is 97.8 Å². The van der Waals surface area contributed by atoms with E-state index in [0.717, 1.165) is 25.3 Å². The predicted octanol–water partition coefficient (Wildman–Crippen LogP) is 2.22. The Hall–Kier alpha value is -0.570. The van der Waals surface area contributed by atoms with E-state index in [1.165, 1.54) is 13.0 Å². The molecule has 0 aromatic rings. The van der Waals surface area contributed by atoms with Gasteiger partial charge >= 0.3 is 5.97 Å². The molecule has 2 fully saturated rings. The molecule has 2 aliphatic rings. The second-order valence-electron chi connectivity index (χ2n) is 6.51. The maximum atomic E-state index is 11.0. The lowest BCUT2D eigenvalue weighted by Crippen LogP contribution is -2.40. The van der Waals surface area contributed by atoms with Gasteiger partial charge in [-0.1, -0.05) is 20.8 Å². The molecule has 0 spiro atoms. The normalized spacial score (nSPS) is 36.1. The Bertz CT molecular complexity index is 282. The predicted molar refractivity (Wildman–Crippen MR) is 63.3 cm³/mol. The Kier molecular flexibility index (Phi) is 2.99. The molecule has 0 saturated carbocycles. The second kappa shape index (κ2) is 4.02. The zero-order chi connectivity index (χ0) is 11.9. The van der Waals surface area contributed by atoms with Crippen molar-refractivity contribution >= 4 is 5.97 Å². The lowest BCUT2D eigenvalue weighted by molar-refractivity contribution is -0.143. The molecule has 0 radical (unpaired) electrons. The molecule has 0 aliphatic carbocycles.